The zero-order chi connectivity index (χ0) is 16.0. The predicted octanol–water partition coefficient (Wildman–Crippen LogP) is 5.01. The zero-order valence-electron chi connectivity index (χ0n) is 12.9. The van der Waals surface area contributed by atoms with Gasteiger partial charge in [-0.15, -0.1) is 11.3 Å². The molecule has 0 bridgehead atoms. The Hall–Kier alpha value is -1.91. The first-order valence-electron chi connectivity index (χ1n) is 7.55. The van der Waals surface area contributed by atoms with Crippen LogP contribution in [0.1, 0.15) is 34.0 Å². The highest BCUT2D eigenvalue weighted by Gasteiger charge is 2.25. The van der Waals surface area contributed by atoms with E-state index in [1.165, 1.54) is 10.4 Å². The van der Waals surface area contributed by atoms with E-state index in [2.05, 4.69) is 65.1 Å². The third kappa shape index (κ3) is 2.62. The number of hydrazone groups is 1. The van der Waals surface area contributed by atoms with Gasteiger partial charge in [-0.2, -0.15) is 5.10 Å². The second-order valence-electron chi connectivity index (χ2n) is 5.95. The van der Waals surface area contributed by atoms with Crippen LogP contribution in [0, 0.1) is 13.8 Å². The van der Waals surface area contributed by atoms with Crippen molar-refractivity contribution in [3.05, 3.63) is 62.4 Å². The summed E-state index contributed by atoms with van der Waals surface area (Å²) in [5, 5.41) is 8.33. The lowest BCUT2D eigenvalue weighted by Gasteiger charge is -2.13. The van der Waals surface area contributed by atoms with Crippen LogP contribution in [-0.4, -0.2) is 10.7 Å². The van der Waals surface area contributed by atoms with Gasteiger partial charge in [-0.3, -0.25) is 0 Å². The molecule has 3 aromatic rings. The largest absolute Gasteiger partial charge is 0.302 e. The molecule has 1 unspecified atom stereocenters. The number of benzene rings is 1. The zero-order valence-corrected chi connectivity index (χ0v) is 14.5. The Morgan fingerprint density at radius 3 is 2.91 bits per heavy atom. The van der Waals surface area contributed by atoms with E-state index in [-0.39, 0.29) is 6.04 Å². The number of fused-ring (bicyclic) bond motifs is 1. The normalized spacial score (nSPS) is 17.3. The quantitative estimate of drug-likeness (QED) is 0.665. The van der Waals surface area contributed by atoms with Crippen LogP contribution in [0.4, 0.5) is 0 Å². The maximum atomic E-state index is 6.45. The predicted molar refractivity (Wildman–Crippen MR) is 97.6 cm³/mol. The van der Waals surface area contributed by atoms with Gasteiger partial charge in [-0.05, 0) is 42.5 Å². The molecule has 1 aliphatic heterocycles. The van der Waals surface area contributed by atoms with Crippen LogP contribution in [-0.2, 0) is 0 Å². The highest BCUT2D eigenvalue weighted by atomic mass is 35.5. The summed E-state index contributed by atoms with van der Waals surface area (Å²) in [4.78, 5) is 5.82. The van der Waals surface area contributed by atoms with Gasteiger partial charge in [-0.1, -0.05) is 29.8 Å². The van der Waals surface area contributed by atoms with Crippen molar-refractivity contribution < 1.29 is 0 Å². The summed E-state index contributed by atoms with van der Waals surface area (Å²) >= 11 is 8.19. The molecule has 0 amide bonds. The summed E-state index contributed by atoms with van der Waals surface area (Å²) < 4.78 is 0. The van der Waals surface area contributed by atoms with Crippen molar-refractivity contribution in [2.24, 2.45) is 5.10 Å². The Bertz CT molecular complexity index is 929. The van der Waals surface area contributed by atoms with Crippen LogP contribution in [0.15, 0.2) is 40.8 Å². The molecule has 1 N–H and O–H groups in total. The molecule has 4 rings (SSSR count). The molecule has 116 valence electrons. The van der Waals surface area contributed by atoms with E-state index in [1.54, 1.807) is 11.3 Å². The summed E-state index contributed by atoms with van der Waals surface area (Å²) in [5.41, 5.74) is 8.71. The van der Waals surface area contributed by atoms with E-state index in [0.29, 0.717) is 5.15 Å². The molecule has 0 saturated heterocycles. The lowest BCUT2D eigenvalue weighted by molar-refractivity contribution is 0.619. The van der Waals surface area contributed by atoms with Crippen molar-refractivity contribution in [2.75, 3.05) is 0 Å². The fourth-order valence-electron chi connectivity index (χ4n) is 2.94. The second-order valence-corrected chi connectivity index (χ2v) is 7.22. The highest BCUT2D eigenvalue weighted by molar-refractivity contribution is 7.12. The van der Waals surface area contributed by atoms with E-state index in [0.717, 1.165) is 34.2 Å². The fraction of sp³-hybridized carbons (Fsp3) is 0.222. The van der Waals surface area contributed by atoms with Crippen LogP contribution in [0.2, 0.25) is 5.15 Å². The summed E-state index contributed by atoms with van der Waals surface area (Å²) in [6.45, 7) is 4.16. The molecular formula is C18H16ClN3S. The molecule has 3 heterocycles. The molecule has 1 aliphatic rings. The molecule has 0 radical (unpaired) electrons. The number of aromatic nitrogens is 1. The third-order valence-corrected chi connectivity index (χ3v) is 5.57. The molecule has 3 nitrogen and oxygen atoms in total. The van der Waals surface area contributed by atoms with E-state index in [4.69, 9.17) is 11.6 Å². The minimum atomic E-state index is 0.0809. The molecule has 0 saturated carbocycles. The molecule has 2 aromatic heterocycles. The molecule has 1 aromatic carbocycles. The number of halogens is 1. The highest BCUT2D eigenvalue weighted by Crippen LogP contribution is 2.32. The maximum Gasteiger partial charge on any atom is 0.135 e. The first-order chi connectivity index (χ1) is 11.1. The number of nitrogens with zero attached hydrogens (tertiary/aromatic N) is 2. The Morgan fingerprint density at radius 2 is 2.13 bits per heavy atom. The smallest absolute Gasteiger partial charge is 0.135 e. The standard InChI is InChI=1S/C18H16ClN3S/c1-10-6-16(23-9-10)15-8-14(21-22-15)13-7-12-5-3-4-11(2)17(12)20-18(13)19/h3-7,9,14,21H,8H2,1-2H3. The van der Waals surface area contributed by atoms with Gasteiger partial charge in [0.1, 0.15) is 5.15 Å². The lowest BCUT2D eigenvalue weighted by atomic mass is 10.0. The number of pyridine rings is 1. The van der Waals surface area contributed by atoms with Crippen LogP contribution < -0.4 is 5.43 Å². The Morgan fingerprint density at radius 1 is 1.26 bits per heavy atom. The van der Waals surface area contributed by atoms with Crippen LogP contribution in [0.5, 0.6) is 0 Å². The SMILES string of the molecule is Cc1csc(C2=NNC(c3cc4cccc(C)c4nc3Cl)C2)c1. The van der Waals surface area contributed by atoms with Crippen LogP contribution in [0.25, 0.3) is 10.9 Å². The van der Waals surface area contributed by atoms with Gasteiger partial charge in [0.15, 0.2) is 0 Å². The molecular weight excluding hydrogens is 326 g/mol. The number of hydrogen-bond acceptors (Lipinski definition) is 4. The molecule has 0 spiro atoms. The number of nitrogens with one attached hydrogen (secondary N) is 1. The summed E-state index contributed by atoms with van der Waals surface area (Å²) in [5.74, 6) is 0. The van der Waals surface area contributed by atoms with E-state index in [9.17, 15) is 0 Å². The number of para-hydroxylation sites is 1. The van der Waals surface area contributed by atoms with Gasteiger partial charge in [0.25, 0.3) is 0 Å². The number of rotatable bonds is 2. The number of aryl methyl sites for hydroxylation is 2. The summed E-state index contributed by atoms with van der Waals surface area (Å²) in [7, 11) is 0. The van der Waals surface area contributed by atoms with Gasteiger partial charge >= 0.3 is 0 Å². The van der Waals surface area contributed by atoms with Crippen molar-refractivity contribution in [1.29, 1.82) is 0 Å². The minimum absolute atomic E-state index is 0.0809. The van der Waals surface area contributed by atoms with E-state index >= 15 is 0 Å². The van der Waals surface area contributed by atoms with Gasteiger partial charge in [0.05, 0.1) is 22.1 Å². The van der Waals surface area contributed by atoms with E-state index in [1.807, 2.05) is 0 Å². The average molecular weight is 342 g/mol. The van der Waals surface area contributed by atoms with Crippen molar-refractivity contribution in [1.82, 2.24) is 10.4 Å². The Balaban J connectivity index is 1.67. The fourth-order valence-corrected chi connectivity index (χ4v) is 4.11. The van der Waals surface area contributed by atoms with Crippen LogP contribution >= 0.6 is 22.9 Å². The third-order valence-electron chi connectivity index (χ3n) is 4.17. The van der Waals surface area contributed by atoms with Gasteiger partial charge < -0.3 is 5.43 Å². The average Bonchev–Trinajstić information content (AvgIpc) is 3.16. The summed E-state index contributed by atoms with van der Waals surface area (Å²) in [6, 6.07) is 10.6. The molecule has 0 fully saturated rings. The van der Waals surface area contributed by atoms with Crippen molar-refractivity contribution in [2.45, 2.75) is 26.3 Å². The van der Waals surface area contributed by atoms with E-state index < -0.39 is 0 Å². The molecule has 5 heteroatoms. The van der Waals surface area contributed by atoms with Crippen LogP contribution in [0.3, 0.4) is 0 Å². The Kier molecular flexibility index (Phi) is 3.58. The Labute approximate surface area is 144 Å². The number of thiophene rings is 1. The summed E-state index contributed by atoms with van der Waals surface area (Å²) in [6.07, 6.45) is 0.832. The minimum Gasteiger partial charge on any atom is -0.302 e. The van der Waals surface area contributed by atoms with Crippen molar-refractivity contribution in [3.63, 3.8) is 0 Å². The van der Waals surface area contributed by atoms with Gasteiger partial charge in [0, 0.05) is 17.4 Å². The molecule has 1 atom stereocenters. The topological polar surface area (TPSA) is 37.3 Å². The van der Waals surface area contributed by atoms with Crippen molar-refractivity contribution >= 4 is 39.6 Å². The second kappa shape index (κ2) is 5.62. The van der Waals surface area contributed by atoms with Gasteiger partial charge in [0.2, 0.25) is 0 Å². The molecule has 0 aliphatic carbocycles. The lowest BCUT2D eigenvalue weighted by Crippen LogP contribution is -2.11. The maximum absolute atomic E-state index is 6.45. The van der Waals surface area contributed by atoms with Crippen molar-refractivity contribution in [3.8, 4) is 0 Å². The number of hydrogen-bond donors (Lipinski definition) is 1. The first kappa shape index (κ1) is 14.7. The first-order valence-corrected chi connectivity index (χ1v) is 8.81. The molecule has 23 heavy (non-hydrogen) atoms. The monoisotopic (exact) mass is 341 g/mol. The van der Waals surface area contributed by atoms with Gasteiger partial charge in [-0.25, -0.2) is 4.98 Å².